The highest BCUT2D eigenvalue weighted by molar-refractivity contribution is 6.13. The molecule has 0 spiro atoms. The Labute approximate surface area is 185 Å². The largest absolute Gasteiger partial charge is 0.494 e. The zero-order valence-electron chi connectivity index (χ0n) is 17.7. The smallest absolute Gasteiger partial charge is 0.259 e. The normalized spacial score (nSPS) is 11.0. The molecule has 160 valence electrons. The van der Waals surface area contributed by atoms with Crippen molar-refractivity contribution in [3.63, 3.8) is 0 Å². The van der Waals surface area contributed by atoms with Crippen LogP contribution in [0, 0.1) is 0 Å². The first-order valence-corrected chi connectivity index (χ1v) is 10.4. The molecule has 6 heteroatoms. The number of hydrogen-bond donors (Lipinski definition) is 2. The molecule has 0 radical (unpaired) electrons. The molecular weight excluding hydrogens is 402 g/mol. The second-order valence-electron chi connectivity index (χ2n) is 7.17. The van der Waals surface area contributed by atoms with E-state index in [-0.39, 0.29) is 12.5 Å². The number of nitrogens with zero attached hydrogens (tertiary/aromatic N) is 1. The molecule has 6 nitrogen and oxygen atoms in total. The fraction of sp³-hybridized carbons (Fsp3) is 0.115. The van der Waals surface area contributed by atoms with E-state index in [1.54, 1.807) is 30.5 Å². The van der Waals surface area contributed by atoms with Crippen molar-refractivity contribution in [2.45, 2.75) is 6.92 Å². The van der Waals surface area contributed by atoms with Gasteiger partial charge < -0.3 is 10.1 Å². The fourth-order valence-corrected chi connectivity index (χ4v) is 3.53. The highest BCUT2D eigenvalue weighted by Gasteiger charge is 2.09. The third-order valence-corrected chi connectivity index (χ3v) is 5.03. The number of rotatable bonds is 7. The maximum atomic E-state index is 12.2. The average Bonchev–Trinajstić information content (AvgIpc) is 2.82. The summed E-state index contributed by atoms with van der Waals surface area (Å²) in [6.45, 7) is 2.27. The van der Waals surface area contributed by atoms with Crippen LogP contribution in [0.15, 0.2) is 84.0 Å². The van der Waals surface area contributed by atoms with Crippen molar-refractivity contribution in [3.05, 3.63) is 90.0 Å². The lowest BCUT2D eigenvalue weighted by molar-refractivity contribution is -0.120. The van der Waals surface area contributed by atoms with Gasteiger partial charge in [-0.2, -0.15) is 5.10 Å². The van der Waals surface area contributed by atoms with Gasteiger partial charge in [-0.15, -0.1) is 0 Å². The Hall–Kier alpha value is -4.19. The Balaban J connectivity index is 1.41. The quantitative estimate of drug-likeness (QED) is 0.264. The molecule has 0 saturated heterocycles. The van der Waals surface area contributed by atoms with E-state index in [0.29, 0.717) is 17.9 Å². The van der Waals surface area contributed by atoms with Crippen LogP contribution in [-0.2, 0) is 4.79 Å². The number of ether oxygens (including phenoxy) is 1. The van der Waals surface area contributed by atoms with Crippen LogP contribution in [0.2, 0.25) is 0 Å². The molecule has 0 fully saturated rings. The van der Waals surface area contributed by atoms with Crippen molar-refractivity contribution in [1.82, 2.24) is 10.7 Å². The Morgan fingerprint density at radius 2 is 1.53 bits per heavy atom. The van der Waals surface area contributed by atoms with Gasteiger partial charge in [0.15, 0.2) is 0 Å². The molecule has 0 saturated carbocycles. The second kappa shape index (κ2) is 9.75. The molecule has 0 heterocycles. The zero-order valence-corrected chi connectivity index (χ0v) is 17.7. The monoisotopic (exact) mass is 425 g/mol. The summed E-state index contributed by atoms with van der Waals surface area (Å²) in [7, 11) is 0. The number of benzene rings is 4. The third-order valence-electron chi connectivity index (χ3n) is 5.03. The van der Waals surface area contributed by atoms with Gasteiger partial charge in [-0.25, -0.2) is 5.43 Å². The van der Waals surface area contributed by atoms with Crippen molar-refractivity contribution in [2.75, 3.05) is 13.2 Å². The maximum Gasteiger partial charge on any atom is 0.259 e. The van der Waals surface area contributed by atoms with E-state index in [0.717, 1.165) is 27.1 Å². The summed E-state index contributed by atoms with van der Waals surface area (Å²) in [5, 5.41) is 11.0. The molecule has 2 N–H and O–H groups in total. The molecule has 32 heavy (non-hydrogen) atoms. The lowest BCUT2D eigenvalue weighted by Gasteiger charge is -2.08. The Morgan fingerprint density at radius 3 is 2.16 bits per heavy atom. The number of carbonyl (C=O) groups excluding carboxylic acids is 2. The second-order valence-corrected chi connectivity index (χ2v) is 7.17. The fourth-order valence-electron chi connectivity index (χ4n) is 3.53. The number of fused-ring (bicyclic) bond motifs is 2. The van der Waals surface area contributed by atoms with Crippen LogP contribution in [0.4, 0.5) is 0 Å². The van der Waals surface area contributed by atoms with Gasteiger partial charge in [0, 0.05) is 11.1 Å². The van der Waals surface area contributed by atoms with Gasteiger partial charge in [-0.3, -0.25) is 9.59 Å². The average molecular weight is 425 g/mol. The van der Waals surface area contributed by atoms with Crippen molar-refractivity contribution in [2.24, 2.45) is 5.10 Å². The molecule has 0 aliphatic carbocycles. The summed E-state index contributed by atoms with van der Waals surface area (Å²) in [6.07, 6.45) is 1.65. The maximum absolute atomic E-state index is 12.2. The van der Waals surface area contributed by atoms with Gasteiger partial charge in [-0.1, -0.05) is 48.5 Å². The van der Waals surface area contributed by atoms with E-state index < -0.39 is 5.91 Å². The minimum Gasteiger partial charge on any atom is -0.494 e. The van der Waals surface area contributed by atoms with Gasteiger partial charge in [-0.05, 0) is 58.8 Å². The Bertz CT molecular complexity index is 1240. The minimum absolute atomic E-state index is 0.181. The number of amides is 2. The highest BCUT2D eigenvalue weighted by Crippen LogP contribution is 2.27. The summed E-state index contributed by atoms with van der Waals surface area (Å²) in [5.41, 5.74) is 3.87. The van der Waals surface area contributed by atoms with Gasteiger partial charge in [0.25, 0.3) is 11.8 Å². The first-order valence-electron chi connectivity index (χ1n) is 10.4. The van der Waals surface area contributed by atoms with Crippen LogP contribution in [0.1, 0.15) is 22.8 Å². The van der Waals surface area contributed by atoms with E-state index in [4.69, 9.17) is 4.74 Å². The van der Waals surface area contributed by atoms with Gasteiger partial charge in [0.05, 0.1) is 19.4 Å². The predicted octanol–water partition coefficient (Wildman–Crippen LogP) is 4.27. The van der Waals surface area contributed by atoms with Crippen molar-refractivity contribution in [3.8, 4) is 5.75 Å². The van der Waals surface area contributed by atoms with Crippen molar-refractivity contribution >= 4 is 39.6 Å². The van der Waals surface area contributed by atoms with Crippen LogP contribution in [-0.4, -0.2) is 31.2 Å². The molecule has 0 unspecified atom stereocenters. The standard InChI is InChI=1S/C26H23N3O3/c1-2-32-21-13-11-18(12-14-21)26(31)27-17-25(30)29-28-16-24-22-9-5-3-7-19(22)15-20-8-4-6-10-23(20)24/h3-16H,2,17H2,1H3,(H,27,31)(H,29,30). The number of carbonyl (C=O) groups is 2. The SMILES string of the molecule is CCOc1ccc(C(=O)NCC(=O)NN=Cc2c3ccccc3cc3ccccc23)cc1. The molecule has 0 atom stereocenters. The molecular formula is C26H23N3O3. The topological polar surface area (TPSA) is 79.8 Å². The summed E-state index contributed by atoms with van der Waals surface area (Å²) in [4.78, 5) is 24.4. The third kappa shape index (κ3) is 4.75. The first kappa shape index (κ1) is 21.1. The van der Waals surface area contributed by atoms with Crippen LogP contribution in [0.5, 0.6) is 5.75 Å². The molecule has 0 aliphatic heterocycles. The molecule has 4 aromatic carbocycles. The number of hydrogen-bond acceptors (Lipinski definition) is 4. The number of hydrazone groups is 1. The van der Waals surface area contributed by atoms with E-state index in [2.05, 4.69) is 21.9 Å². The molecule has 0 aliphatic rings. The van der Waals surface area contributed by atoms with Gasteiger partial charge >= 0.3 is 0 Å². The highest BCUT2D eigenvalue weighted by atomic mass is 16.5. The minimum atomic E-state index is -0.412. The van der Waals surface area contributed by atoms with E-state index >= 15 is 0 Å². The van der Waals surface area contributed by atoms with Crippen LogP contribution < -0.4 is 15.5 Å². The first-order chi connectivity index (χ1) is 15.7. The molecule has 0 bridgehead atoms. The number of nitrogens with one attached hydrogen (secondary N) is 2. The van der Waals surface area contributed by atoms with E-state index in [1.165, 1.54) is 0 Å². The lowest BCUT2D eigenvalue weighted by atomic mass is 9.97. The Morgan fingerprint density at radius 1 is 0.906 bits per heavy atom. The summed E-state index contributed by atoms with van der Waals surface area (Å²) >= 11 is 0. The van der Waals surface area contributed by atoms with Gasteiger partial charge in [0.2, 0.25) is 0 Å². The van der Waals surface area contributed by atoms with Crippen LogP contribution in [0.3, 0.4) is 0 Å². The molecule has 4 aromatic rings. The van der Waals surface area contributed by atoms with Gasteiger partial charge in [0.1, 0.15) is 5.75 Å². The molecule has 4 rings (SSSR count). The zero-order chi connectivity index (χ0) is 22.3. The summed E-state index contributed by atoms with van der Waals surface area (Å²) in [6, 6.07) is 25.0. The summed E-state index contributed by atoms with van der Waals surface area (Å²) in [5.74, 6) is -0.0607. The molecule has 2 amide bonds. The summed E-state index contributed by atoms with van der Waals surface area (Å²) < 4.78 is 5.36. The van der Waals surface area contributed by atoms with Crippen LogP contribution in [0.25, 0.3) is 21.5 Å². The van der Waals surface area contributed by atoms with E-state index in [1.807, 2.05) is 55.5 Å². The predicted molar refractivity (Wildman–Crippen MR) is 127 cm³/mol. The van der Waals surface area contributed by atoms with E-state index in [9.17, 15) is 9.59 Å². The molecule has 0 aromatic heterocycles. The van der Waals surface area contributed by atoms with Crippen molar-refractivity contribution < 1.29 is 14.3 Å². The van der Waals surface area contributed by atoms with Crippen molar-refractivity contribution in [1.29, 1.82) is 0 Å². The lowest BCUT2D eigenvalue weighted by Crippen LogP contribution is -2.34. The Kier molecular flexibility index (Phi) is 6.41. The van der Waals surface area contributed by atoms with Crippen LogP contribution >= 0.6 is 0 Å².